The third-order valence-corrected chi connectivity index (χ3v) is 5.35. The molecule has 1 aliphatic rings. The SMILES string of the molecule is COCCS(=O)(=O)N1CCN(C(C)C(N)=S)CC1. The van der Waals surface area contributed by atoms with Crippen LogP contribution in [0.4, 0.5) is 0 Å². The van der Waals surface area contributed by atoms with Crippen LogP contribution in [0.2, 0.25) is 0 Å². The minimum absolute atomic E-state index is 0.0174. The third-order valence-electron chi connectivity index (χ3n) is 3.17. The molecule has 0 saturated carbocycles. The van der Waals surface area contributed by atoms with E-state index in [0.29, 0.717) is 31.2 Å². The molecule has 0 radical (unpaired) electrons. The van der Waals surface area contributed by atoms with E-state index in [2.05, 4.69) is 4.90 Å². The van der Waals surface area contributed by atoms with Gasteiger partial charge in [0.25, 0.3) is 0 Å². The number of piperazine rings is 1. The summed E-state index contributed by atoms with van der Waals surface area (Å²) < 4.78 is 30.2. The van der Waals surface area contributed by atoms with Gasteiger partial charge in [-0.15, -0.1) is 0 Å². The van der Waals surface area contributed by atoms with Crippen LogP contribution < -0.4 is 5.73 Å². The molecule has 1 heterocycles. The zero-order valence-corrected chi connectivity index (χ0v) is 12.5. The molecule has 8 heteroatoms. The molecule has 0 spiro atoms. The van der Waals surface area contributed by atoms with Gasteiger partial charge in [-0.2, -0.15) is 4.31 Å². The molecule has 106 valence electrons. The fourth-order valence-electron chi connectivity index (χ4n) is 1.87. The van der Waals surface area contributed by atoms with E-state index < -0.39 is 10.0 Å². The molecular formula is C10H21N3O3S2. The molecule has 1 unspecified atom stereocenters. The van der Waals surface area contributed by atoms with Gasteiger partial charge in [0.05, 0.1) is 23.4 Å². The summed E-state index contributed by atoms with van der Waals surface area (Å²) >= 11 is 4.95. The second kappa shape index (κ2) is 6.76. The van der Waals surface area contributed by atoms with Crippen LogP contribution in [0.3, 0.4) is 0 Å². The van der Waals surface area contributed by atoms with Crippen LogP contribution in [-0.4, -0.2) is 74.3 Å². The van der Waals surface area contributed by atoms with Gasteiger partial charge in [0.1, 0.15) is 0 Å². The molecule has 1 saturated heterocycles. The molecule has 0 aromatic heterocycles. The summed E-state index contributed by atoms with van der Waals surface area (Å²) in [5, 5.41) is 0. The van der Waals surface area contributed by atoms with E-state index in [9.17, 15) is 8.42 Å². The lowest BCUT2D eigenvalue weighted by molar-refractivity contribution is 0.172. The van der Waals surface area contributed by atoms with Crippen molar-refractivity contribution >= 4 is 27.2 Å². The number of methoxy groups -OCH3 is 1. The van der Waals surface area contributed by atoms with Crippen molar-refractivity contribution in [2.24, 2.45) is 5.73 Å². The lowest BCUT2D eigenvalue weighted by atomic mass is 10.2. The Balaban J connectivity index is 2.51. The standard InChI is InChI=1S/C10H21N3O3S2/c1-9(10(11)17)12-3-5-13(6-4-12)18(14,15)8-7-16-2/h9H,3-8H2,1-2H3,(H2,11,17). The Morgan fingerprint density at radius 2 is 1.94 bits per heavy atom. The molecular weight excluding hydrogens is 274 g/mol. The average Bonchev–Trinajstić information content (AvgIpc) is 2.35. The maximum absolute atomic E-state index is 11.9. The molecule has 2 N–H and O–H groups in total. The molecule has 1 aliphatic heterocycles. The van der Waals surface area contributed by atoms with Crippen molar-refractivity contribution < 1.29 is 13.2 Å². The predicted molar refractivity (Wildman–Crippen MR) is 75.1 cm³/mol. The quantitative estimate of drug-likeness (QED) is 0.650. The number of ether oxygens (including phenoxy) is 1. The maximum Gasteiger partial charge on any atom is 0.216 e. The summed E-state index contributed by atoms with van der Waals surface area (Å²) in [7, 11) is -1.70. The average molecular weight is 295 g/mol. The van der Waals surface area contributed by atoms with Crippen LogP contribution >= 0.6 is 12.2 Å². The normalized spacial score (nSPS) is 20.8. The van der Waals surface area contributed by atoms with E-state index in [0.717, 1.165) is 0 Å². The van der Waals surface area contributed by atoms with Crippen LogP contribution in [0.15, 0.2) is 0 Å². The van der Waals surface area contributed by atoms with Gasteiger partial charge in [0, 0.05) is 33.3 Å². The number of hydrogen-bond acceptors (Lipinski definition) is 5. The maximum atomic E-state index is 11.9. The van der Waals surface area contributed by atoms with Crippen molar-refractivity contribution in [3.63, 3.8) is 0 Å². The topological polar surface area (TPSA) is 75.9 Å². The van der Waals surface area contributed by atoms with E-state index >= 15 is 0 Å². The number of sulfonamides is 1. The molecule has 1 fully saturated rings. The highest BCUT2D eigenvalue weighted by molar-refractivity contribution is 7.89. The van der Waals surface area contributed by atoms with Gasteiger partial charge in [-0.25, -0.2) is 8.42 Å². The largest absolute Gasteiger partial charge is 0.392 e. The van der Waals surface area contributed by atoms with Crippen LogP contribution in [-0.2, 0) is 14.8 Å². The minimum atomic E-state index is -3.20. The lowest BCUT2D eigenvalue weighted by Gasteiger charge is -2.36. The van der Waals surface area contributed by atoms with Gasteiger partial charge in [-0.3, -0.25) is 4.90 Å². The molecule has 1 atom stereocenters. The number of rotatable bonds is 6. The first-order valence-electron chi connectivity index (χ1n) is 5.88. The summed E-state index contributed by atoms with van der Waals surface area (Å²) in [4.78, 5) is 2.55. The Morgan fingerprint density at radius 3 is 2.39 bits per heavy atom. The minimum Gasteiger partial charge on any atom is -0.392 e. The predicted octanol–water partition coefficient (Wildman–Crippen LogP) is -0.745. The number of thiocarbonyl (C=S) groups is 1. The highest BCUT2D eigenvalue weighted by Crippen LogP contribution is 2.10. The van der Waals surface area contributed by atoms with Crippen molar-refractivity contribution in [3.05, 3.63) is 0 Å². The Labute approximate surface area is 114 Å². The van der Waals surface area contributed by atoms with Crippen molar-refractivity contribution in [2.75, 3.05) is 45.6 Å². The summed E-state index contributed by atoms with van der Waals surface area (Å²) in [6, 6.07) is 0.0174. The Bertz CT molecular complexity index is 378. The van der Waals surface area contributed by atoms with Crippen molar-refractivity contribution in [1.82, 2.24) is 9.21 Å². The van der Waals surface area contributed by atoms with Gasteiger partial charge in [-0.05, 0) is 6.92 Å². The molecule has 6 nitrogen and oxygen atoms in total. The zero-order valence-electron chi connectivity index (χ0n) is 10.8. The molecule has 0 aromatic rings. The highest BCUT2D eigenvalue weighted by atomic mass is 32.2. The van der Waals surface area contributed by atoms with Crippen LogP contribution in [0.5, 0.6) is 0 Å². The fraction of sp³-hybridized carbons (Fsp3) is 0.900. The highest BCUT2D eigenvalue weighted by Gasteiger charge is 2.28. The lowest BCUT2D eigenvalue weighted by Crippen LogP contribution is -2.54. The molecule has 0 amide bonds. The first-order chi connectivity index (χ1) is 8.38. The summed E-state index contributed by atoms with van der Waals surface area (Å²) in [5.74, 6) is 0.0361. The Morgan fingerprint density at radius 1 is 1.39 bits per heavy atom. The van der Waals surface area contributed by atoms with Crippen LogP contribution in [0.1, 0.15) is 6.92 Å². The fourth-order valence-corrected chi connectivity index (χ4v) is 3.37. The Hall–Kier alpha value is -0.280. The Kier molecular flexibility index (Phi) is 5.93. The van der Waals surface area contributed by atoms with E-state index in [1.165, 1.54) is 11.4 Å². The van der Waals surface area contributed by atoms with Crippen LogP contribution in [0, 0.1) is 0 Å². The number of nitrogens with zero attached hydrogens (tertiary/aromatic N) is 2. The monoisotopic (exact) mass is 295 g/mol. The van der Waals surface area contributed by atoms with Crippen molar-refractivity contribution in [3.8, 4) is 0 Å². The van der Waals surface area contributed by atoms with Crippen molar-refractivity contribution in [2.45, 2.75) is 13.0 Å². The van der Waals surface area contributed by atoms with Gasteiger partial charge in [0.2, 0.25) is 10.0 Å². The van der Waals surface area contributed by atoms with E-state index in [-0.39, 0.29) is 18.4 Å². The summed E-state index contributed by atoms with van der Waals surface area (Å²) in [5.41, 5.74) is 5.59. The zero-order chi connectivity index (χ0) is 13.8. The van der Waals surface area contributed by atoms with E-state index in [1.807, 2.05) is 6.92 Å². The molecule has 1 rings (SSSR count). The van der Waals surface area contributed by atoms with E-state index in [1.54, 1.807) is 0 Å². The van der Waals surface area contributed by atoms with Gasteiger partial charge < -0.3 is 10.5 Å². The molecule has 0 aromatic carbocycles. The number of nitrogens with two attached hydrogens (primary N) is 1. The molecule has 0 bridgehead atoms. The summed E-state index contributed by atoms with van der Waals surface area (Å²) in [6.45, 7) is 4.46. The second-order valence-electron chi connectivity index (χ2n) is 4.32. The third kappa shape index (κ3) is 4.13. The van der Waals surface area contributed by atoms with Gasteiger partial charge in [-0.1, -0.05) is 12.2 Å². The summed E-state index contributed by atoms with van der Waals surface area (Å²) in [6.07, 6.45) is 0. The van der Waals surface area contributed by atoms with E-state index in [4.69, 9.17) is 22.7 Å². The molecule has 0 aliphatic carbocycles. The van der Waals surface area contributed by atoms with Crippen molar-refractivity contribution in [1.29, 1.82) is 0 Å². The van der Waals surface area contributed by atoms with Gasteiger partial charge >= 0.3 is 0 Å². The second-order valence-corrected chi connectivity index (χ2v) is 6.88. The smallest absolute Gasteiger partial charge is 0.216 e. The number of hydrogen-bond donors (Lipinski definition) is 1. The first kappa shape index (κ1) is 15.8. The first-order valence-corrected chi connectivity index (χ1v) is 7.90. The van der Waals surface area contributed by atoms with Gasteiger partial charge in [0.15, 0.2) is 0 Å². The molecule has 18 heavy (non-hydrogen) atoms. The van der Waals surface area contributed by atoms with Crippen LogP contribution in [0.25, 0.3) is 0 Å².